The molecule has 120 valence electrons. The van der Waals surface area contributed by atoms with Gasteiger partial charge < -0.3 is 16.0 Å². The summed E-state index contributed by atoms with van der Waals surface area (Å²) in [6.07, 6.45) is 2.78. The van der Waals surface area contributed by atoms with Crippen molar-refractivity contribution in [3.63, 3.8) is 0 Å². The van der Waals surface area contributed by atoms with E-state index in [0.717, 1.165) is 19.3 Å². The van der Waals surface area contributed by atoms with Gasteiger partial charge in [0.15, 0.2) is 0 Å². The minimum Gasteiger partial charge on any atom is -0.339 e. The molecule has 0 heterocycles. The Kier molecular flexibility index (Phi) is 5.55. The van der Waals surface area contributed by atoms with E-state index in [4.69, 9.17) is 5.73 Å². The number of amides is 2. The van der Waals surface area contributed by atoms with Crippen LogP contribution in [-0.4, -0.2) is 35.8 Å². The fraction of sp³-hybridized carbons (Fsp3) is 0.529. The SMILES string of the molecule is CCN(CC)C(=O)c1ccc(NC(=O)C2CCCC2N)cc1. The number of hydrogen-bond acceptors (Lipinski definition) is 3. The maximum atomic E-state index is 12.2. The van der Waals surface area contributed by atoms with Gasteiger partial charge >= 0.3 is 0 Å². The highest BCUT2D eigenvalue weighted by molar-refractivity contribution is 5.96. The molecular weight excluding hydrogens is 278 g/mol. The van der Waals surface area contributed by atoms with Crippen molar-refractivity contribution < 1.29 is 9.59 Å². The van der Waals surface area contributed by atoms with Crippen LogP contribution in [0.5, 0.6) is 0 Å². The van der Waals surface area contributed by atoms with Crippen molar-refractivity contribution >= 4 is 17.5 Å². The largest absolute Gasteiger partial charge is 0.339 e. The van der Waals surface area contributed by atoms with Gasteiger partial charge in [-0.15, -0.1) is 0 Å². The van der Waals surface area contributed by atoms with E-state index in [9.17, 15) is 9.59 Å². The first-order valence-electron chi connectivity index (χ1n) is 8.02. The summed E-state index contributed by atoms with van der Waals surface area (Å²) < 4.78 is 0. The molecule has 2 atom stereocenters. The zero-order valence-electron chi connectivity index (χ0n) is 13.3. The standard InChI is InChI=1S/C17H25N3O2/c1-3-20(4-2)17(22)12-8-10-13(11-9-12)19-16(21)14-6-5-7-15(14)18/h8-11,14-15H,3-7,18H2,1-2H3,(H,19,21). The highest BCUT2D eigenvalue weighted by Crippen LogP contribution is 2.25. The van der Waals surface area contributed by atoms with E-state index in [1.807, 2.05) is 13.8 Å². The average molecular weight is 303 g/mol. The van der Waals surface area contributed by atoms with Crippen LogP contribution in [0.3, 0.4) is 0 Å². The van der Waals surface area contributed by atoms with Crippen molar-refractivity contribution in [2.24, 2.45) is 11.7 Å². The van der Waals surface area contributed by atoms with E-state index in [1.54, 1.807) is 29.2 Å². The molecule has 1 aliphatic carbocycles. The number of anilines is 1. The Labute approximate surface area is 131 Å². The van der Waals surface area contributed by atoms with E-state index < -0.39 is 0 Å². The predicted octanol–water partition coefficient (Wildman–Crippen LogP) is 2.23. The summed E-state index contributed by atoms with van der Waals surface area (Å²) in [5.74, 6) is -0.106. The number of rotatable bonds is 5. The molecule has 5 heteroatoms. The summed E-state index contributed by atoms with van der Waals surface area (Å²) in [5.41, 5.74) is 7.30. The maximum Gasteiger partial charge on any atom is 0.253 e. The van der Waals surface area contributed by atoms with E-state index >= 15 is 0 Å². The minimum absolute atomic E-state index is 0.0145. The average Bonchev–Trinajstić information content (AvgIpc) is 2.95. The highest BCUT2D eigenvalue weighted by Gasteiger charge is 2.30. The van der Waals surface area contributed by atoms with Crippen LogP contribution in [0.25, 0.3) is 0 Å². The molecule has 22 heavy (non-hydrogen) atoms. The monoisotopic (exact) mass is 303 g/mol. The second kappa shape index (κ2) is 7.40. The second-order valence-electron chi connectivity index (χ2n) is 5.75. The molecule has 1 aromatic carbocycles. The normalized spacial score (nSPS) is 20.7. The van der Waals surface area contributed by atoms with Crippen molar-refractivity contribution in [1.29, 1.82) is 0 Å². The maximum absolute atomic E-state index is 12.2. The Morgan fingerprint density at radius 1 is 1.18 bits per heavy atom. The molecule has 0 aromatic heterocycles. The van der Waals surface area contributed by atoms with E-state index in [0.29, 0.717) is 24.3 Å². The van der Waals surface area contributed by atoms with Crippen LogP contribution in [0, 0.1) is 5.92 Å². The van der Waals surface area contributed by atoms with E-state index in [2.05, 4.69) is 5.32 Å². The van der Waals surface area contributed by atoms with Gasteiger partial charge in [-0.3, -0.25) is 9.59 Å². The van der Waals surface area contributed by atoms with Gasteiger partial charge in [0.25, 0.3) is 5.91 Å². The number of nitrogens with one attached hydrogen (secondary N) is 1. The Balaban J connectivity index is 2.00. The number of benzene rings is 1. The molecule has 5 nitrogen and oxygen atoms in total. The van der Waals surface area contributed by atoms with Gasteiger partial charge in [-0.25, -0.2) is 0 Å². The molecule has 1 aliphatic rings. The van der Waals surface area contributed by atoms with E-state index in [1.165, 1.54) is 0 Å². The first kappa shape index (κ1) is 16.5. The smallest absolute Gasteiger partial charge is 0.253 e. The molecule has 2 rings (SSSR count). The summed E-state index contributed by atoms with van der Waals surface area (Å²) in [7, 11) is 0. The summed E-state index contributed by atoms with van der Waals surface area (Å²) in [6.45, 7) is 5.29. The number of hydrogen-bond donors (Lipinski definition) is 2. The third-order valence-corrected chi connectivity index (χ3v) is 4.36. The lowest BCUT2D eigenvalue weighted by Gasteiger charge is -2.19. The summed E-state index contributed by atoms with van der Waals surface area (Å²) in [4.78, 5) is 26.2. The Bertz CT molecular complexity index is 523. The number of nitrogens with two attached hydrogens (primary N) is 1. The van der Waals surface area contributed by atoms with Gasteiger partial charge in [-0.1, -0.05) is 6.42 Å². The summed E-state index contributed by atoms with van der Waals surface area (Å²) in [6, 6.07) is 7.02. The fourth-order valence-corrected chi connectivity index (χ4v) is 2.94. The first-order chi connectivity index (χ1) is 10.6. The van der Waals surface area contributed by atoms with Crippen LogP contribution >= 0.6 is 0 Å². The molecule has 2 amide bonds. The highest BCUT2D eigenvalue weighted by atomic mass is 16.2. The van der Waals surface area contributed by atoms with Crippen molar-refractivity contribution in [2.45, 2.75) is 39.2 Å². The van der Waals surface area contributed by atoms with Gasteiger partial charge in [-0.2, -0.15) is 0 Å². The molecule has 1 aromatic rings. The molecule has 0 saturated heterocycles. The van der Waals surface area contributed by atoms with Gasteiger partial charge in [0.05, 0.1) is 5.92 Å². The molecule has 0 radical (unpaired) electrons. The minimum atomic E-state index is -0.100. The molecule has 1 saturated carbocycles. The van der Waals surface area contributed by atoms with Crippen LogP contribution in [0.15, 0.2) is 24.3 Å². The van der Waals surface area contributed by atoms with Crippen LogP contribution < -0.4 is 11.1 Å². The Hall–Kier alpha value is -1.88. The van der Waals surface area contributed by atoms with Gasteiger partial charge in [0.1, 0.15) is 0 Å². The van der Waals surface area contributed by atoms with Crippen LogP contribution in [0.2, 0.25) is 0 Å². The fourth-order valence-electron chi connectivity index (χ4n) is 2.94. The molecule has 1 fully saturated rings. The number of carbonyl (C=O) groups is 2. The number of carbonyl (C=O) groups excluding carboxylic acids is 2. The lowest BCUT2D eigenvalue weighted by molar-refractivity contribution is -0.120. The second-order valence-corrected chi connectivity index (χ2v) is 5.75. The van der Waals surface area contributed by atoms with Crippen LogP contribution in [-0.2, 0) is 4.79 Å². The molecule has 0 spiro atoms. The molecule has 2 unspecified atom stereocenters. The molecule has 0 aliphatic heterocycles. The van der Waals surface area contributed by atoms with Crippen molar-refractivity contribution in [3.05, 3.63) is 29.8 Å². The Morgan fingerprint density at radius 3 is 2.32 bits per heavy atom. The predicted molar refractivity (Wildman–Crippen MR) is 87.6 cm³/mol. The quantitative estimate of drug-likeness (QED) is 0.876. The zero-order valence-corrected chi connectivity index (χ0v) is 13.3. The summed E-state index contributed by atoms with van der Waals surface area (Å²) in [5, 5.41) is 2.89. The molecular formula is C17H25N3O2. The van der Waals surface area contributed by atoms with E-state index in [-0.39, 0.29) is 23.8 Å². The van der Waals surface area contributed by atoms with Crippen molar-refractivity contribution in [1.82, 2.24) is 4.90 Å². The van der Waals surface area contributed by atoms with Gasteiger partial charge in [-0.05, 0) is 51.0 Å². The third kappa shape index (κ3) is 3.65. The van der Waals surface area contributed by atoms with Crippen molar-refractivity contribution in [3.8, 4) is 0 Å². The topological polar surface area (TPSA) is 75.4 Å². The lowest BCUT2D eigenvalue weighted by atomic mass is 10.0. The van der Waals surface area contributed by atoms with Gasteiger partial charge in [0.2, 0.25) is 5.91 Å². The third-order valence-electron chi connectivity index (χ3n) is 4.36. The Morgan fingerprint density at radius 2 is 1.82 bits per heavy atom. The van der Waals surface area contributed by atoms with Crippen molar-refractivity contribution in [2.75, 3.05) is 18.4 Å². The molecule has 3 N–H and O–H groups in total. The first-order valence-corrected chi connectivity index (χ1v) is 8.02. The zero-order chi connectivity index (χ0) is 16.1. The van der Waals surface area contributed by atoms with Gasteiger partial charge in [0, 0.05) is 30.4 Å². The van der Waals surface area contributed by atoms with Crippen LogP contribution in [0.4, 0.5) is 5.69 Å². The summed E-state index contributed by atoms with van der Waals surface area (Å²) >= 11 is 0. The number of nitrogens with zero attached hydrogens (tertiary/aromatic N) is 1. The molecule has 0 bridgehead atoms. The van der Waals surface area contributed by atoms with Crippen LogP contribution in [0.1, 0.15) is 43.5 Å². The lowest BCUT2D eigenvalue weighted by Crippen LogP contribution is -2.34.